The summed E-state index contributed by atoms with van der Waals surface area (Å²) in [7, 11) is 0. The van der Waals surface area contributed by atoms with Crippen LogP contribution in [0.4, 0.5) is 0 Å². The Balaban J connectivity index is 1.24. The van der Waals surface area contributed by atoms with E-state index in [9.17, 15) is 4.79 Å². The Labute approximate surface area is 176 Å². The summed E-state index contributed by atoms with van der Waals surface area (Å²) in [4.78, 5) is 13.4. The SMILES string of the molecule is CC1(OC(=O)c2cccc3cc4ccccc4cc23)CC2CC1C1C3C=CC(C3)C21. The third-order valence-corrected chi connectivity index (χ3v) is 8.89. The number of esters is 1. The summed E-state index contributed by atoms with van der Waals surface area (Å²) in [6.45, 7) is 2.21. The second-order valence-corrected chi connectivity index (χ2v) is 10.3. The van der Waals surface area contributed by atoms with Crippen molar-refractivity contribution in [2.75, 3.05) is 0 Å². The van der Waals surface area contributed by atoms with Crippen LogP contribution in [0.1, 0.15) is 36.5 Å². The van der Waals surface area contributed by atoms with E-state index in [2.05, 4.69) is 55.5 Å². The van der Waals surface area contributed by atoms with Gasteiger partial charge in [0.1, 0.15) is 5.60 Å². The highest BCUT2D eigenvalue weighted by Crippen LogP contribution is 2.68. The van der Waals surface area contributed by atoms with Gasteiger partial charge in [-0.05, 0) is 95.5 Å². The fourth-order valence-corrected chi connectivity index (χ4v) is 7.85. The number of hydrogen-bond donors (Lipinski definition) is 0. The van der Waals surface area contributed by atoms with Crippen LogP contribution in [-0.2, 0) is 4.74 Å². The van der Waals surface area contributed by atoms with Gasteiger partial charge >= 0.3 is 5.97 Å². The maximum absolute atomic E-state index is 13.4. The molecule has 0 N–H and O–H groups in total. The van der Waals surface area contributed by atoms with Crippen molar-refractivity contribution >= 4 is 27.5 Å². The van der Waals surface area contributed by atoms with Gasteiger partial charge in [-0.3, -0.25) is 0 Å². The molecular weight excluding hydrogens is 368 g/mol. The van der Waals surface area contributed by atoms with E-state index >= 15 is 0 Å². The van der Waals surface area contributed by atoms with E-state index in [1.54, 1.807) is 0 Å². The lowest BCUT2D eigenvalue weighted by Gasteiger charge is -2.42. The molecule has 3 fully saturated rings. The Hall–Kier alpha value is -2.61. The molecule has 2 nitrogen and oxygen atoms in total. The number of allylic oxidation sites excluding steroid dienone is 2. The first-order valence-electron chi connectivity index (χ1n) is 11.4. The molecule has 2 heteroatoms. The van der Waals surface area contributed by atoms with Crippen LogP contribution in [0, 0.1) is 35.5 Å². The molecule has 30 heavy (non-hydrogen) atoms. The third-order valence-electron chi connectivity index (χ3n) is 8.89. The van der Waals surface area contributed by atoms with Crippen molar-refractivity contribution in [2.45, 2.75) is 31.8 Å². The van der Waals surface area contributed by atoms with Crippen molar-refractivity contribution in [1.82, 2.24) is 0 Å². The van der Waals surface area contributed by atoms with Gasteiger partial charge in [0.25, 0.3) is 0 Å². The molecule has 3 aromatic carbocycles. The van der Waals surface area contributed by atoms with Crippen molar-refractivity contribution in [3.05, 3.63) is 72.3 Å². The number of ether oxygens (including phenoxy) is 1. The van der Waals surface area contributed by atoms with Crippen molar-refractivity contribution in [3.8, 4) is 0 Å². The van der Waals surface area contributed by atoms with Gasteiger partial charge in [-0.2, -0.15) is 0 Å². The van der Waals surface area contributed by atoms with Crippen LogP contribution < -0.4 is 0 Å². The molecule has 0 saturated heterocycles. The molecule has 4 bridgehead atoms. The predicted octanol–water partition coefficient (Wildman–Crippen LogP) is 6.39. The first-order chi connectivity index (χ1) is 14.6. The van der Waals surface area contributed by atoms with Crippen LogP contribution >= 0.6 is 0 Å². The first kappa shape index (κ1) is 17.1. The summed E-state index contributed by atoms with van der Waals surface area (Å²) in [6, 6.07) is 18.6. The Bertz CT molecular complexity index is 1240. The van der Waals surface area contributed by atoms with Crippen LogP contribution in [0.2, 0.25) is 0 Å². The summed E-state index contributed by atoms with van der Waals surface area (Å²) in [5.74, 6) is 4.19. The second kappa shape index (κ2) is 5.75. The zero-order valence-corrected chi connectivity index (χ0v) is 17.3. The Morgan fingerprint density at radius 2 is 1.63 bits per heavy atom. The van der Waals surface area contributed by atoms with Gasteiger partial charge in [-0.1, -0.05) is 48.6 Å². The number of carbonyl (C=O) groups excluding carboxylic acids is 1. The normalized spacial score (nSPS) is 37.9. The minimum absolute atomic E-state index is 0.152. The molecule has 7 atom stereocenters. The fourth-order valence-electron chi connectivity index (χ4n) is 7.85. The summed E-state index contributed by atoms with van der Waals surface area (Å²) >= 11 is 0. The standard InChI is InChI=1S/C28H26O2/c1-28(15-21-14-24(28)26-20-10-9-19(12-20)25(21)26)30-27(29)22-8-4-7-18-11-16-5-2-3-6-17(16)13-23(18)22/h2-11,13,19-21,24-26H,12,14-15H2,1H3. The first-order valence-corrected chi connectivity index (χ1v) is 11.4. The highest BCUT2D eigenvalue weighted by molar-refractivity contribution is 6.09. The van der Waals surface area contributed by atoms with Gasteiger partial charge in [-0.25, -0.2) is 4.79 Å². The maximum atomic E-state index is 13.4. The molecule has 4 aliphatic carbocycles. The van der Waals surface area contributed by atoms with Gasteiger partial charge in [0.15, 0.2) is 0 Å². The number of hydrogen-bond acceptors (Lipinski definition) is 2. The smallest absolute Gasteiger partial charge is 0.339 e. The van der Waals surface area contributed by atoms with Crippen LogP contribution in [0.15, 0.2) is 66.7 Å². The average Bonchev–Trinajstić information content (AvgIpc) is 3.50. The van der Waals surface area contributed by atoms with Crippen molar-refractivity contribution in [2.24, 2.45) is 35.5 Å². The molecule has 7 rings (SSSR count). The fraction of sp³-hybridized carbons (Fsp3) is 0.393. The average molecular weight is 395 g/mol. The van der Waals surface area contributed by atoms with E-state index < -0.39 is 0 Å². The molecule has 0 amide bonds. The summed E-state index contributed by atoms with van der Waals surface area (Å²) in [6.07, 6.45) is 8.53. The number of carbonyl (C=O) groups is 1. The second-order valence-electron chi connectivity index (χ2n) is 10.3. The highest BCUT2D eigenvalue weighted by Gasteiger charge is 2.66. The van der Waals surface area contributed by atoms with Gasteiger partial charge in [0.2, 0.25) is 0 Å². The number of benzene rings is 3. The summed E-state index contributed by atoms with van der Waals surface area (Å²) in [5, 5.41) is 4.45. The van der Waals surface area contributed by atoms with Crippen LogP contribution in [0.5, 0.6) is 0 Å². The quantitative estimate of drug-likeness (QED) is 0.218. The van der Waals surface area contributed by atoms with Crippen molar-refractivity contribution in [1.29, 1.82) is 0 Å². The van der Waals surface area contributed by atoms with E-state index in [0.717, 1.165) is 52.2 Å². The van der Waals surface area contributed by atoms with E-state index in [-0.39, 0.29) is 11.6 Å². The molecule has 150 valence electrons. The molecule has 3 saturated carbocycles. The van der Waals surface area contributed by atoms with Gasteiger partial charge in [0, 0.05) is 5.92 Å². The van der Waals surface area contributed by atoms with Crippen LogP contribution in [-0.4, -0.2) is 11.6 Å². The van der Waals surface area contributed by atoms with E-state index in [4.69, 9.17) is 4.74 Å². The molecule has 4 aliphatic rings. The summed E-state index contributed by atoms with van der Waals surface area (Å²) in [5.41, 5.74) is 0.381. The summed E-state index contributed by atoms with van der Waals surface area (Å²) < 4.78 is 6.39. The van der Waals surface area contributed by atoms with Crippen molar-refractivity contribution in [3.63, 3.8) is 0 Å². The Kier molecular flexibility index (Phi) is 3.28. The topological polar surface area (TPSA) is 26.3 Å². The lowest BCUT2D eigenvalue weighted by atomic mass is 9.68. The molecule has 0 heterocycles. The number of rotatable bonds is 2. The van der Waals surface area contributed by atoms with Gasteiger partial charge in [-0.15, -0.1) is 0 Å². The Morgan fingerprint density at radius 1 is 0.900 bits per heavy atom. The molecule has 0 radical (unpaired) electrons. The predicted molar refractivity (Wildman–Crippen MR) is 119 cm³/mol. The third kappa shape index (κ3) is 2.17. The lowest BCUT2D eigenvalue weighted by Crippen LogP contribution is -2.45. The van der Waals surface area contributed by atoms with Crippen LogP contribution in [0.3, 0.4) is 0 Å². The number of fused-ring (bicyclic) bond motifs is 11. The molecule has 3 aromatic rings. The van der Waals surface area contributed by atoms with Gasteiger partial charge in [0.05, 0.1) is 5.56 Å². The highest BCUT2D eigenvalue weighted by atomic mass is 16.6. The lowest BCUT2D eigenvalue weighted by molar-refractivity contribution is -0.0636. The van der Waals surface area contributed by atoms with Gasteiger partial charge < -0.3 is 4.74 Å². The van der Waals surface area contributed by atoms with E-state index in [0.29, 0.717) is 11.5 Å². The molecular formula is C28H26O2. The minimum Gasteiger partial charge on any atom is -0.455 e. The Morgan fingerprint density at radius 3 is 2.47 bits per heavy atom. The molecule has 0 aliphatic heterocycles. The minimum atomic E-state index is -0.319. The molecule has 7 unspecified atom stereocenters. The zero-order valence-electron chi connectivity index (χ0n) is 17.3. The van der Waals surface area contributed by atoms with E-state index in [1.807, 2.05) is 18.2 Å². The monoisotopic (exact) mass is 394 g/mol. The molecule has 0 spiro atoms. The maximum Gasteiger partial charge on any atom is 0.339 e. The van der Waals surface area contributed by atoms with Crippen molar-refractivity contribution < 1.29 is 9.53 Å². The van der Waals surface area contributed by atoms with E-state index in [1.165, 1.54) is 18.2 Å². The van der Waals surface area contributed by atoms with Crippen LogP contribution in [0.25, 0.3) is 21.5 Å². The largest absolute Gasteiger partial charge is 0.455 e. The molecule has 0 aromatic heterocycles. The zero-order chi connectivity index (χ0) is 20.0.